The number of nitro benzene ring substituents is 1. The monoisotopic (exact) mass is 350 g/mol. The highest BCUT2D eigenvalue weighted by Gasteiger charge is 2.07. The van der Waals surface area contributed by atoms with Crippen LogP contribution in [0.4, 0.5) is 5.69 Å². The Hall–Kier alpha value is -3.13. The van der Waals surface area contributed by atoms with Crippen molar-refractivity contribution in [1.82, 2.24) is 0 Å². The number of non-ortho nitro benzene ring substituents is 1. The van der Waals surface area contributed by atoms with Gasteiger partial charge in [-0.15, -0.1) is 0 Å². The van der Waals surface area contributed by atoms with Crippen molar-refractivity contribution < 1.29 is 9.66 Å². The van der Waals surface area contributed by atoms with Gasteiger partial charge < -0.3 is 4.74 Å². The molecular formula is C21H22N2O3. The summed E-state index contributed by atoms with van der Waals surface area (Å²) in [6.07, 6.45) is 6.42. The van der Waals surface area contributed by atoms with Crippen LogP contribution in [-0.2, 0) is 0 Å². The molecule has 0 amide bonds. The summed E-state index contributed by atoms with van der Waals surface area (Å²) >= 11 is 0. The second-order valence-electron chi connectivity index (χ2n) is 5.95. The summed E-state index contributed by atoms with van der Waals surface area (Å²) in [5.41, 5.74) is 1.98. The zero-order valence-corrected chi connectivity index (χ0v) is 14.9. The third kappa shape index (κ3) is 5.75. The van der Waals surface area contributed by atoms with E-state index in [2.05, 4.69) is 13.0 Å². The fraction of sp³-hybridized carbons (Fsp3) is 0.286. The van der Waals surface area contributed by atoms with E-state index in [9.17, 15) is 15.4 Å². The first-order valence-corrected chi connectivity index (χ1v) is 8.73. The molecule has 0 N–H and O–H groups in total. The molecular weight excluding hydrogens is 328 g/mol. The Balaban J connectivity index is 2.02. The summed E-state index contributed by atoms with van der Waals surface area (Å²) in [6, 6.07) is 15.7. The molecule has 0 aliphatic heterocycles. The minimum Gasteiger partial charge on any atom is -0.494 e. The maximum atomic E-state index is 10.7. The molecule has 2 rings (SSSR count). The number of hydrogen-bond donors (Lipinski definition) is 0. The summed E-state index contributed by atoms with van der Waals surface area (Å²) in [4.78, 5) is 10.3. The van der Waals surface area contributed by atoms with E-state index >= 15 is 0 Å². The lowest BCUT2D eigenvalue weighted by atomic mass is 10.0. The van der Waals surface area contributed by atoms with Crippen molar-refractivity contribution in [1.29, 1.82) is 5.26 Å². The minimum atomic E-state index is -0.458. The molecule has 5 heteroatoms. The van der Waals surface area contributed by atoms with Crippen molar-refractivity contribution in [3.63, 3.8) is 0 Å². The summed E-state index contributed by atoms with van der Waals surface area (Å²) in [7, 11) is 0. The smallest absolute Gasteiger partial charge is 0.269 e. The molecule has 26 heavy (non-hydrogen) atoms. The highest BCUT2D eigenvalue weighted by atomic mass is 16.6. The van der Waals surface area contributed by atoms with Crippen LogP contribution in [0.15, 0.2) is 48.5 Å². The standard InChI is InChI=1S/C21H22N2O3/c1-2-3-4-5-14-26-21-12-6-17(7-13-21)15-19(16-22)18-8-10-20(11-9-18)23(24)25/h6-13,15H,2-5,14H2,1H3. The number of unbranched alkanes of at least 4 members (excludes halogenated alkanes) is 3. The van der Waals surface area contributed by atoms with Gasteiger partial charge in [0.2, 0.25) is 0 Å². The molecule has 0 saturated carbocycles. The van der Waals surface area contributed by atoms with Crippen LogP contribution in [0.1, 0.15) is 43.7 Å². The molecule has 0 unspecified atom stereocenters. The van der Waals surface area contributed by atoms with Gasteiger partial charge >= 0.3 is 0 Å². The Morgan fingerprint density at radius 2 is 1.81 bits per heavy atom. The van der Waals surface area contributed by atoms with E-state index < -0.39 is 4.92 Å². The van der Waals surface area contributed by atoms with Gasteiger partial charge in [0, 0.05) is 12.1 Å². The quantitative estimate of drug-likeness (QED) is 0.193. The Morgan fingerprint density at radius 3 is 2.38 bits per heavy atom. The molecule has 0 aliphatic carbocycles. The van der Waals surface area contributed by atoms with Crippen LogP contribution in [0.25, 0.3) is 11.6 Å². The van der Waals surface area contributed by atoms with Crippen LogP contribution in [0.2, 0.25) is 0 Å². The summed E-state index contributed by atoms with van der Waals surface area (Å²) < 4.78 is 5.71. The van der Waals surface area contributed by atoms with E-state index in [4.69, 9.17) is 4.74 Å². The average Bonchev–Trinajstić information content (AvgIpc) is 2.67. The molecule has 0 atom stereocenters. The molecule has 0 aromatic heterocycles. The van der Waals surface area contributed by atoms with Crippen molar-refractivity contribution in [3.8, 4) is 11.8 Å². The van der Waals surface area contributed by atoms with Crippen molar-refractivity contribution in [2.45, 2.75) is 32.6 Å². The summed E-state index contributed by atoms with van der Waals surface area (Å²) in [5, 5.41) is 20.1. The maximum Gasteiger partial charge on any atom is 0.269 e. The van der Waals surface area contributed by atoms with Crippen LogP contribution >= 0.6 is 0 Å². The topological polar surface area (TPSA) is 76.2 Å². The summed E-state index contributed by atoms with van der Waals surface area (Å²) in [6.45, 7) is 2.89. The largest absolute Gasteiger partial charge is 0.494 e. The van der Waals surface area contributed by atoms with Crippen molar-refractivity contribution in [2.75, 3.05) is 6.61 Å². The van der Waals surface area contributed by atoms with Gasteiger partial charge in [0.15, 0.2) is 0 Å². The predicted octanol–water partition coefficient (Wildman–Crippen LogP) is 5.62. The van der Waals surface area contributed by atoms with Crippen molar-refractivity contribution >= 4 is 17.3 Å². The lowest BCUT2D eigenvalue weighted by Gasteiger charge is -2.06. The third-order valence-corrected chi connectivity index (χ3v) is 3.97. The predicted molar refractivity (Wildman–Crippen MR) is 103 cm³/mol. The van der Waals surface area contributed by atoms with E-state index in [1.54, 1.807) is 18.2 Å². The molecule has 0 aliphatic rings. The lowest BCUT2D eigenvalue weighted by molar-refractivity contribution is -0.384. The van der Waals surface area contributed by atoms with Crippen LogP contribution in [-0.4, -0.2) is 11.5 Å². The van der Waals surface area contributed by atoms with Crippen molar-refractivity contribution in [2.24, 2.45) is 0 Å². The number of benzene rings is 2. The van der Waals surface area contributed by atoms with Crippen LogP contribution < -0.4 is 4.74 Å². The number of nitriles is 1. The van der Waals surface area contributed by atoms with Gasteiger partial charge in [0.1, 0.15) is 5.75 Å². The molecule has 134 valence electrons. The maximum absolute atomic E-state index is 10.7. The van der Waals surface area contributed by atoms with Gasteiger partial charge in [-0.3, -0.25) is 10.1 Å². The third-order valence-electron chi connectivity index (χ3n) is 3.97. The zero-order valence-electron chi connectivity index (χ0n) is 14.9. The van der Waals surface area contributed by atoms with Crippen LogP contribution in [0.5, 0.6) is 5.75 Å². The fourth-order valence-corrected chi connectivity index (χ4v) is 2.49. The van der Waals surface area contributed by atoms with E-state index in [-0.39, 0.29) is 5.69 Å². The molecule has 0 fully saturated rings. The molecule has 0 bridgehead atoms. The SMILES string of the molecule is CCCCCCOc1ccc(C=C(C#N)c2ccc([N+](=O)[O-])cc2)cc1. The second-order valence-corrected chi connectivity index (χ2v) is 5.95. The van der Waals surface area contributed by atoms with Crippen molar-refractivity contribution in [3.05, 3.63) is 69.8 Å². The van der Waals surface area contributed by atoms with Gasteiger partial charge in [0.25, 0.3) is 5.69 Å². The van der Waals surface area contributed by atoms with Gasteiger partial charge in [-0.05, 0) is 47.9 Å². The first-order valence-electron chi connectivity index (χ1n) is 8.73. The Kier molecular flexibility index (Phi) is 7.38. The Morgan fingerprint density at radius 1 is 1.12 bits per heavy atom. The number of nitrogens with zero attached hydrogens (tertiary/aromatic N) is 2. The molecule has 2 aromatic rings. The Bertz CT molecular complexity index is 788. The molecule has 2 aromatic carbocycles. The molecule has 0 saturated heterocycles. The normalized spacial score (nSPS) is 11.0. The number of allylic oxidation sites excluding steroid dienone is 1. The van der Waals surface area contributed by atoms with Gasteiger partial charge in [-0.2, -0.15) is 5.26 Å². The first-order chi connectivity index (χ1) is 12.6. The van der Waals surface area contributed by atoms with E-state index in [0.717, 1.165) is 17.7 Å². The number of hydrogen-bond acceptors (Lipinski definition) is 4. The molecule has 5 nitrogen and oxygen atoms in total. The second kappa shape index (κ2) is 10.00. The summed E-state index contributed by atoms with van der Waals surface area (Å²) in [5.74, 6) is 0.812. The van der Waals surface area contributed by atoms with Crippen LogP contribution in [0, 0.1) is 21.4 Å². The number of nitro groups is 1. The average molecular weight is 350 g/mol. The first kappa shape index (κ1) is 19.2. The van der Waals surface area contributed by atoms with Gasteiger partial charge in [0.05, 0.1) is 23.2 Å². The molecule has 0 radical (unpaired) electrons. The van der Waals surface area contributed by atoms with E-state index in [0.29, 0.717) is 17.7 Å². The highest BCUT2D eigenvalue weighted by Crippen LogP contribution is 2.22. The van der Waals surface area contributed by atoms with E-state index in [1.807, 2.05) is 24.3 Å². The van der Waals surface area contributed by atoms with E-state index in [1.165, 1.54) is 31.4 Å². The zero-order chi connectivity index (χ0) is 18.8. The number of ether oxygens (including phenoxy) is 1. The molecule has 0 spiro atoms. The van der Waals surface area contributed by atoms with Crippen LogP contribution in [0.3, 0.4) is 0 Å². The minimum absolute atomic E-state index is 0.00600. The van der Waals surface area contributed by atoms with Gasteiger partial charge in [-0.1, -0.05) is 38.3 Å². The Labute approximate surface area is 153 Å². The number of rotatable bonds is 9. The van der Waals surface area contributed by atoms with Gasteiger partial charge in [-0.25, -0.2) is 0 Å². The lowest BCUT2D eigenvalue weighted by Crippen LogP contribution is -1.96. The highest BCUT2D eigenvalue weighted by molar-refractivity contribution is 5.89. The molecule has 0 heterocycles. The fourth-order valence-electron chi connectivity index (χ4n) is 2.49.